The van der Waals surface area contributed by atoms with E-state index in [0.717, 1.165) is 9.88 Å². The van der Waals surface area contributed by atoms with Crippen molar-refractivity contribution in [3.05, 3.63) is 40.0 Å². The highest BCUT2D eigenvalue weighted by Gasteiger charge is 2.18. The van der Waals surface area contributed by atoms with Crippen molar-refractivity contribution in [2.45, 2.75) is 13.8 Å². The van der Waals surface area contributed by atoms with Gasteiger partial charge in [-0.1, -0.05) is 0 Å². The number of nitrogens with zero attached hydrogens (tertiary/aromatic N) is 1. The van der Waals surface area contributed by atoms with Crippen molar-refractivity contribution >= 4 is 22.9 Å². The highest BCUT2D eigenvalue weighted by Crippen LogP contribution is 2.38. The summed E-state index contributed by atoms with van der Waals surface area (Å²) in [5.41, 5.74) is 1.86. The Morgan fingerprint density at radius 2 is 2.09 bits per heavy atom. The summed E-state index contributed by atoms with van der Waals surface area (Å²) in [5, 5.41) is 0.814. The molecule has 0 aliphatic carbocycles. The lowest BCUT2D eigenvalue weighted by Crippen LogP contribution is -1.96. The number of ether oxygens (including phenoxy) is 2. The van der Waals surface area contributed by atoms with Crippen molar-refractivity contribution in [1.82, 2.24) is 4.98 Å². The van der Waals surface area contributed by atoms with Crippen LogP contribution in [0.2, 0.25) is 0 Å². The molecule has 1 aromatic carbocycles. The highest BCUT2D eigenvalue weighted by atomic mass is 32.1. The number of aryl methyl sites for hydroxylation is 1. The number of carbonyl (C=O) groups is 1. The molecule has 0 saturated heterocycles. The Morgan fingerprint density at radius 3 is 2.73 bits per heavy atom. The van der Waals surface area contributed by atoms with E-state index in [4.69, 9.17) is 4.74 Å². The molecule has 0 atom stereocenters. The molecule has 22 heavy (non-hydrogen) atoms. The first-order valence-corrected chi connectivity index (χ1v) is 7.36. The number of benzene rings is 1. The van der Waals surface area contributed by atoms with Crippen LogP contribution in [-0.4, -0.2) is 25.2 Å². The first kappa shape index (κ1) is 16.2. The molecule has 0 aliphatic rings. The number of thiazole rings is 1. The van der Waals surface area contributed by atoms with Crippen LogP contribution in [0.1, 0.15) is 16.8 Å². The van der Waals surface area contributed by atoms with Crippen LogP contribution in [0.3, 0.4) is 0 Å². The Labute approximate surface area is 132 Å². The number of allylic oxidation sites excluding steroid dienone is 1. The summed E-state index contributed by atoms with van der Waals surface area (Å²) in [6, 6.07) is 4.27. The standard InChI is InChI=1S/C16H16FNO3S/c1-9(7-14(19)21-4)16-15(18-10(2)22-16)12-8-11(17)5-6-13(12)20-3/h5-8H,1-4H3/b9-7+. The fraction of sp³-hybridized carbons (Fsp3) is 0.250. The van der Waals surface area contributed by atoms with Gasteiger partial charge in [-0.15, -0.1) is 11.3 Å². The van der Waals surface area contributed by atoms with Crippen molar-refractivity contribution in [3.8, 4) is 17.0 Å². The molecule has 0 unspecified atom stereocenters. The summed E-state index contributed by atoms with van der Waals surface area (Å²) in [6.45, 7) is 3.65. The van der Waals surface area contributed by atoms with E-state index >= 15 is 0 Å². The SMILES string of the molecule is COC(=O)/C=C(\C)c1sc(C)nc1-c1cc(F)ccc1OC. The zero-order valence-corrected chi connectivity index (χ0v) is 13.6. The summed E-state index contributed by atoms with van der Waals surface area (Å²) in [7, 11) is 2.84. The van der Waals surface area contributed by atoms with E-state index in [-0.39, 0.29) is 5.82 Å². The van der Waals surface area contributed by atoms with Gasteiger partial charge in [0.15, 0.2) is 0 Å². The summed E-state index contributed by atoms with van der Waals surface area (Å²) in [6.07, 6.45) is 1.39. The molecule has 1 aromatic heterocycles. The van der Waals surface area contributed by atoms with Crippen molar-refractivity contribution < 1.29 is 18.7 Å². The Hall–Kier alpha value is -2.21. The predicted molar refractivity (Wildman–Crippen MR) is 84.5 cm³/mol. The van der Waals surface area contributed by atoms with Crippen LogP contribution in [0, 0.1) is 12.7 Å². The lowest BCUT2D eigenvalue weighted by molar-refractivity contribution is -0.134. The van der Waals surface area contributed by atoms with Crippen LogP contribution in [0.25, 0.3) is 16.8 Å². The quantitative estimate of drug-likeness (QED) is 0.634. The molecule has 0 bridgehead atoms. The maximum absolute atomic E-state index is 13.6. The second kappa shape index (κ2) is 6.70. The summed E-state index contributed by atoms with van der Waals surface area (Å²) in [5.74, 6) is -0.290. The smallest absolute Gasteiger partial charge is 0.330 e. The van der Waals surface area contributed by atoms with E-state index in [0.29, 0.717) is 22.6 Å². The second-order valence-corrected chi connectivity index (χ2v) is 5.81. The Balaban J connectivity index is 2.61. The molecule has 0 radical (unpaired) electrons. The summed E-state index contributed by atoms with van der Waals surface area (Å²) in [4.78, 5) is 16.7. The summed E-state index contributed by atoms with van der Waals surface area (Å²) >= 11 is 1.43. The van der Waals surface area contributed by atoms with Crippen molar-refractivity contribution in [1.29, 1.82) is 0 Å². The lowest BCUT2D eigenvalue weighted by atomic mass is 10.1. The molecule has 0 spiro atoms. The fourth-order valence-corrected chi connectivity index (χ4v) is 2.95. The van der Waals surface area contributed by atoms with E-state index in [1.54, 1.807) is 13.0 Å². The minimum Gasteiger partial charge on any atom is -0.496 e. The number of methoxy groups -OCH3 is 2. The number of hydrogen-bond donors (Lipinski definition) is 0. The third kappa shape index (κ3) is 3.33. The molecular formula is C16H16FNO3S. The molecule has 0 fully saturated rings. The summed E-state index contributed by atoms with van der Waals surface area (Å²) < 4.78 is 23.5. The fourth-order valence-electron chi connectivity index (χ4n) is 2.04. The zero-order chi connectivity index (χ0) is 16.3. The lowest BCUT2D eigenvalue weighted by Gasteiger charge is -2.08. The number of hydrogen-bond acceptors (Lipinski definition) is 5. The first-order valence-electron chi connectivity index (χ1n) is 6.54. The number of rotatable bonds is 4. The Morgan fingerprint density at radius 1 is 1.36 bits per heavy atom. The zero-order valence-electron chi connectivity index (χ0n) is 12.8. The molecule has 0 N–H and O–H groups in total. The van der Waals surface area contributed by atoms with E-state index < -0.39 is 5.97 Å². The average molecular weight is 321 g/mol. The van der Waals surface area contributed by atoms with Crippen LogP contribution >= 0.6 is 11.3 Å². The highest BCUT2D eigenvalue weighted by molar-refractivity contribution is 7.13. The van der Waals surface area contributed by atoms with Crippen LogP contribution in [0.5, 0.6) is 5.75 Å². The van der Waals surface area contributed by atoms with Gasteiger partial charge in [0.2, 0.25) is 0 Å². The van der Waals surface area contributed by atoms with Gasteiger partial charge >= 0.3 is 5.97 Å². The van der Waals surface area contributed by atoms with E-state index in [2.05, 4.69) is 9.72 Å². The van der Waals surface area contributed by atoms with Gasteiger partial charge in [0, 0.05) is 11.6 Å². The third-order valence-electron chi connectivity index (χ3n) is 3.04. The second-order valence-electron chi connectivity index (χ2n) is 4.61. The predicted octanol–water partition coefficient (Wildman–Crippen LogP) is 3.84. The van der Waals surface area contributed by atoms with Crippen LogP contribution in [-0.2, 0) is 9.53 Å². The average Bonchev–Trinajstić information content (AvgIpc) is 2.89. The van der Waals surface area contributed by atoms with Gasteiger partial charge in [-0.2, -0.15) is 0 Å². The molecule has 2 aromatic rings. The number of esters is 1. The monoisotopic (exact) mass is 321 g/mol. The molecule has 0 amide bonds. The van der Waals surface area contributed by atoms with Gasteiger partial charge in [0.05, 0.1) is 29.8 Å². The maximum atomic E-state index is 13.6. The van der Waals surface area contributed by atoms with Crippen molar-refractivity contribution in [3.63, 3.8) is 0 Å². The van der Waals surface area contributed by atoms with Crippen molar-refractivity contribution in [2.24, 2.45) is 0 Å². The molecular weight excluding hydrogens is 305 g/mol. The van der Waals surface area contributed by atoms with Crippen LogP contribution in [0.15, 0.2) is 24.3 Å². The largest absolute Gasteiger partial charge is 0.496 e. The molecule has 4 nitrogen and oxygen atoms in total. The van der Waals surface area contributed by atoms with E-state index in [1.807, 2.05) is 6.92 Å². The topological polar surface area (TPSA) is 48.4 Å². The Kier molecular flexibility index (Phi) is 4.92. The maximum Gasteiger partial charge on any atom is 0.330 e. The third-order valence-corrected chi connectivity index (χ3v) is 4.15. The van der Waals surface area contributed by atoms with E-state index in [9.17, 15) is 9.18 Å². The minimum atomic E-state index is -0.444. The van der Waals surface area contributed by atoms with Crippen LogP contribution in [0.4, 0.5) is 4.39 Å². The van der Waals surface area contributed by atoms with Gasteiger partial charge in [-0.05, 0) is 37.6 Å². The van der Waals surface area contributed by atoms with Crippen LogP contribution < -0.4 is 4.74 Å². The Bertz CT molecular complexity index is 737. The van der Waals surface area contributed by atoms with Gasteiger partial charge in [-0.3, -0.25) is 0 Å². The molecule has 116 valence electrons. The van der Waals surface area contributed by atoms with Gasteiger partial charge in [-0.25, -0.2) is 14.2 Å². The van der Waals surface area contributed by atoms with E-state index in [1.165, 1.54) is 43.8 Å². The van der Waals surface area contributed by atoms with Gasteiger partial charge < -0.3 is 9.47 Å². The number of aromatic nitrogens is 1. The van der Waals surface area contributed by atoms with Gasteiger partial charge in [0.1, 0.15) is 11.6 Å². The molecule has 0 aliphatic heterocycles. The van der Waals surface area contributed by atoms with Crippen molar-refractivity contribution in [2.75, 3.05) is 14.2 Å². The minimum absolute atomic E-state index is 0.373. The molecule has 6 heteroatoms. The molecule has 2 rings (SSSR count). The molecule has 0 saturated carbocycles. The number of halogens is 1. The van der Waals surface area contributed by atoms with Gasteiger partial charge in [0.25, 0.3) is 0 Å². The normalized spacial score (nSPS) is 11.4. The molecule has 1 heterocycles. The number of carbonyl (C=O) groups excluding carboxylic acids is 1. The first-order chi connectivity index (χ1) is 10.5.